The summed E-state index contributed by atoms with van der Waals surface area (Å²) < 4.78 is 0. The molecule has 0 aromatic rings. The van der Waals surface area contributed by atoms with E-state index in [2.05, 4.69) is 0 Å². The molecular weight excluding hydrogens is 80.0 g/mol. The number of hydrogen-bond acceptors (Lipinski definition) is 2. The fourth-order valence-electron chi connectivity index (χ4n) is 0. The lowest BCUT2D eigenvalue weighted by Crippen LogP contribution is -2.03. The van der Waals surface area contributed by atoms with Gasteiger partial charge in [0.15, 0.2) is 0 Å². The molecule has 0 heterocycles. The van der Waals surface area contributed by atoms with E-state index in [1.165, 1.54) is 6.92 Å². The summed E-state index contributed by atoms with van der Waals surface area (Å²) >= 11 is 0. The Morgan fingerprint density at radius 2 is 1.83 bits per heavy atom. The van der Waals surface area contributed by atoms with Gasteiger partial charge in [-0.05, 0) is 6.92 Å². The zero-order chi connectivity index (χ0) is 4.28. The van der Waals surface area contributed by atoms with Gasteiger partial charge in [0, 0.05) is 0 Å². The molecule has 0 saturated heterocycles. The smallest absolute Gasteiger partial charge is 0.0742 e. The molecule has 2 heteroatoms. The number of aliphatic hydroxyl groups is 2. The zero-order valence-corrected chi connectivity index (χ0v) is 3.18. The summed E-state index contributed by atoms with van der Waals surface area (Å²) in [5.41, 5.74) is 0. The van der Waals surface area contributed by atoms with Crippen LogP contribution in [0.5, 0.6) is 0 Å². The molecule has 0 aliphatic heterocycles. The Kier molecular flexibility index (Phi) is 7.65. The summed E-state index contributed by atoms with van der Waals surface area (Å²) in [6, 6.07) is 0. The van der Waals surface area contributed by atoms with Crippen LogP contribution in [0.15, 0.2) is 0 Å². The quantitative estimate of drug-likeness (QED) is 0.478. The van der Waals surface area contributed by atoms with Crippen molar-refractivity contribution in [2.45, 2.75) is 20.5 Å². The van der Waals surface area contributed by atoms with Crippen molar-refractivity contribution in [3.63, 3.8) is 0 Å². The van der Waals surface area contributed by atoms with Crippen molar-refractivity contribution < 1.29 is 10.2 Å². The summed E-state index contributed by atoms with van der Waals surface area (Å²) in [6.07, 6.45) is -0.560. The molecule has 1 atom stereocenters. The Morgan fingerprint density at radius 1 is 1.67 bits per heavy atom. The van der Waals surface area contributed by atoms with Gasteiger partial charge in [-0.3, -0.25) is 0 Å². The molecule has 0 bridgehead atoms. The van der Waals surface area contributed by atoms with E-state index < -0.39 is 6.10 Å². The van der Waals surface area contributed by atoms with Gasteiger partial charge in [0.05, 0.1) is 12.7 Å². The average Bonchev–Trinajstić information content (AvgIpc) is 1.38. The summed E-state index contributed by atoms with van der Waals surface area (Å²) in [5, 5.41) is 16.0. The lowest BCUT2D eigenvalue weighted by Gasteiger charge is -1.90. The fourth-order valence-corrected chi connectivity index (χ4v) is 0. The SMILES string of the molecule is C.C[C@H](O)CO. The van der Waals surface area contributed by atoms with Crippen molar-refractivity contribution >= 4 is 0 Å². The minimum absolute atomic E-state index is 0. The predicted molar refractivity (Wildman–Crippen MR) is 25.5 cm³/mol. The lowest BCUT2D eigenvalue weighted by molar-refractivity contribution is 0.110. The molecule has 0 fully saturated rings. The highest BCUT2D eigenvalue weighted by molar-refractivity contribution is 4.33. The van der Waals surface area contributed by atoms with Crippen LogP contribution >= 0.6 is 0 Å². The van der Waals surface area contributed by atoms with Gasteiger partial charge >= 0.3 is 0 Å². The van der Waals surface area contributed by atoms with Gasteiger partial charge in [0.25, 0.3) is 0 Å². The van der Waals surface area contributed by atoms with Gasteiger partial charge in [-0.15, -0.1) is 0 Å². The van der Waals surface area contributed by atoms with E-state index in [9.17, 15) is 0 Å². The Balaban J connectivity index is 0. The molecule has 0 aliphatic carbocycles. The minimum atomic E-state index is -0.560. The normalized spacial score (nSPS) is 12.5. The third-order valence-electron chi connectivity index (χ3n) is 0.264. The van der Waals surface area contributed by atoms with Gasteiger partial charge in [-0.2, -0.15) is 0 Å². The maximum absolute atomic E-state index is 8.11. The molecule has 2 N–H and O–H groups in total. The molecule has 0 aromatic heterocycles. The molecular formula is C4H12O2. The van der Waals surface area contributed by atoms with Crippen LogP contribution in [0.1, 0.15) is 14.4 Å². The van der Waals surface area contributed by atoms with Gasteiger partial charge in [0.2, 0.25) is 0 Å². The second-order valence-electron chi connectivity index (χ2n) is 1.03. The Morgan fingerprint density at radius 3 is 1.83 bits per heavy atom. The summed E-state index contributed by atoms with van der Waals surface area (Å²) in [6.45, 7) is 1.39. The van der Waals surface area contributed by atoms with Crippen LogP contribution in [0, 0.1) is 0 Å². The van der Waals surface area contributed by atoms with E-state index in [1.807, 2.05) is 0 Å². The van der Waals surface area contributed by atoms with Crippen molar-refractivity contribution in [3.8, 4) is 0 Å². The molecule has 0 spiro atoms. The average molecular weight is 92.1 g/mol. The van der Waals surface area contributed by atoms with Crippen LogP contribution in [0.2, 0.25) is 0 Å². The fraction of sp³-hybridized carbons (Fsp3) is 1.00. The first kappa shape index (κ1) is 9.33. The summed E-state index contributed by atoms with van der Waals surface area (Å²) in [5.74, 6) is 0. The topological polar surface area (TPSA) is 40.5 Å². The van der Waals surface area contributed by atoms with E-state index >= 15 is 0 Å². The minimum Gasteiger partial charge on any atom is -0.394 e. The van der Waals surface area contributed by atoms with Crippen LogP contribution in [-0.2, 0) is 0 Å². The van der Waals surface area contributed by atoms with Gasteiger partial charge in [0.1, 0.15) is 0 Å². The zero-order valence-electron chi connectivity index (χ0n) is 3.18. The lowest BCUT2D eigenvalue weighted by atomic mass is 10.5. The van der Waals surface area contributed by atoms with Crippen molar-refractivity contribution in [2.75, 3.05) is 6.61 Å². The predicted octanol–water partition coefficient (Wildman–Crippen LogP) is -0.00440. The van der Waals surface area contributed by atoms with E-state index in [1.54, 1.807) is 0 Å². The molecule has 0 unspecified atom stereocenters. The highest BCUT2D eigenvalue weighted by Gasteiger charge is 1.83. The number of aliphatic hydroxyl groups excluding tert-OH is 2. The third-order valence-corrected chi connectivity index (χ3v) is 0.264. The molecule has 0 aliphatic rings. The van der Waals surface area contributed by atoms with Gasteiger partial charge in [-0.1, -0.05) is 7.43 Å². The van der Waals surface area contributed by atoms with Crippen molar-refractivity contribution in [1.29, 1.82) is 0 Å². The summed E-state index contributed by atoms with van der Waals surface area (Å²) in [4.78, 5) is 0. The van der Waals surface area contributed by atoms with Crippen LogP contribution in [0.25, 0.3) is 0 Å². The molecule has 2 nitrogen and oxygen atoms in total. The molecule has 6 heavy (non-hydrogen) atoms. The van der Waals surface area contributed by atoms with E-state index in [4.69, 9.17) is 10.2 Å². The van der Waals surface area contributed by atoms with Gasteiger partial charge in [-0.25, -0.2) is 0 Å². The van der Waals surface area contributed by atoms with Gasteiger partial charge < -0.3 is 10.2 Å². The third kappa shape index (κ3) is 9.07. The van der Waals surface area contributed by atoms with Crippen molar-refractivity contribution in [2.24, 2.45) is 0 Å². The van der Waals surface area contributed by atoms with E-state index in [0.29, 0.717) is 0 Å². The standard InChI is InChI=1S/C3H8O2.CH4/c1-3(5)2-4;/h3-5H,2H2,1H3;1H4/t3-;/m0./s1. The second kappa shape index (κ2) is 4.92. The molecule has 0 rings (SSSR count). The molecule has 0 radical (unpaired) electrons. The Bertz CT molecular complexity index is 19.5. The van der Waals surface area contributed by atoms with E-state index in [0.717, 1.165) is 0 Å². The molecule has 0 saturated carbocycles. The van der Waals surface area contributed by atoms with Crippen molar-refractivity contribution in [3.05, 3.63) is 0 Å². The van der Waals surface area contributed by atoms with Crippen molar-refractivity contribution in [1.82, 2.24) is 0 Å². The Hall–Kier alpha value is -0.0800. The largest absolute Gasteiger partial charge is 0.394 e. The molecule has 0 aromatic carbocycles. The number of rotatable bonds is 1. The maximum atomic E-state index is 8.11. The van der Waals surface area contributed by atoms with E-state index in [-0.39, 0.29) is 14.0 Å². The highest BCUT2D eigenvalue weighted by Crippen LogP contribution is 1.68. The number of hydrogen-bond donors (Lipinski definition) is 2. The summed E-state index contributed by atoms with van der Waals surface area (Å²) in [7, 11) is 0. The van der Waals surface area contributed by atoms with Crippen LogP contribution in [-0.4, -0.2) is 22.9 Å². The molecule has 0 amide bonds. The molecule has 40 valence electrons. The highest BCUT2D eigenvalue weighted by atomic mass is 16.3. The van der Waals surface area contributed by atoms with Crippen LogP contribution < -0.4 is 0 Å². The second-order valence-corrected chi connectivity index (χ2v) is 1.03. The first-order valence-electron chi connectivity index (χ1n) is 1.56. The Labute approximate surface area is 38.4 Å². The maximum Gasteiger partial charge on any atom is 0.0742 e. The first-order chi connectivity index (χ1) is 2.27. The monoisotopic (exact) mass is 92.1 g/mol. The first-order valence-corrected chi connectivity index (χ1v) is 1.56. The van der Waals surface area contributed by atoms with Crippen LogP contribution in [0.3, 0.4) is 0 Å². The van der Waals surface area contributed by atoms with Crippen LogP contribution in [0.4, 0.5) is 0 Å².